The Labute approximate surface area is 93.9 Å². The molecule has 0 radical (unpaired) electrons. The van der Waals surface area contributed by atoms with Crippen molar-refractivity contribution in [3.63, 3.8) is 0 Å². The first-order valence-electron chi connectivity index (χ1n) is 4.57. The van der Waals surface area contributed by atoms with Crippen LogP contribution in [-0.4, -0.2) is 19.0 Å². The lowest BCUT2D eigenvalue weighted by atomic mass is 10.1. The van der Waals surface area contributed by atoms with Crippen LogP contribution < -0.4 is 5.32 Å². The van der Waals surface area contributed by atoms with Crippen molar-refractivity contribution in [3.8, 4) is 0 Å². The zero-order valence-corrected chi connectivity index (χ0v) is 8.92. The molecule has 3 nitrogen and oxygen atoms in total. The molecule has 1 N–H and O–H groups in total. The third kappa shape index (κ3) is 4.01. The van der Waals surface area contributed by atoms with E-state index in [1.54, 1.807) is 0 Å². The summed E-state index contributed by atoms with van der Waals surface area (Å²) < 4.78 is 0. The van der Waals surface area contributed by atoms with Crippen LogP contribution in [0.25, 0.3) is 4.85 Å². The summed E-state index contributed by atoms with van der Waals surface area (Å²) in [4.78, 5) is 14.0. The van der Waals surface area contributed by atoms with Gasteiger partial charge in [0.15, 0.2) is 0 Å². The fourth-order valence-electron chi connectivity index (χ4n) is 1.17. The van der Waals surface area contributed by atoms with Crippen LogP contribution >= 0.6 is 11.6 Å². The van der Waals surface area contributed by atoms with E-state index in [0.717, 1.165) is 5.56 Å². The van der Waals surface area contributed by atoms with Crippen LogP contribution in [0.1, 0.15) is 5.56 Å². The first kappa shape index (κ1) is 11.5. The summed E-state index contributed by atoms with van der Waals surface area (Å²) in [5, 5.41) is 3.35. The number of amides is 1. The molecule has 0 saturated heterocycles. The lowest BCUT2D eigenvalue weighted by molar-refractivity contribution is -0.119. The molecule has 1 aromatic rings. The Morgan fingerprint density at radius 3 is 2.87 bits per heavy atom. The van der Waals surface area contributed by atoms with Gasteiger partial charge in [-0.05, 0) is 18.1 Å². The van der Waals surface area contributed by atoms with Crippen LogP contribution in [0, 0.1) is 6.57 Å². The molecule has 0 atom stereocenters. The van der Waals surface area contributed by atoms with Gasteiger partial charge in [-0.15, -0.1) is 0 Å². The molecule has 0 aliphatic carbocycles. The number of carbonyl (C=O) groups is 1. The van der Waals surface area contributed by atoms with E-state index in [-0.39, 0.29) is 12.5 Å². The summed E-state index contributed by atoms with van der Waals surface area (Å²) >= 11 is 5.94. The number of hydrogen-bond acceptors (Lipinski definition) is 1. The second-order valence-corrected chi connectivity index (χ2v) is 3.41. The molecule has 0 heterocycles. The van der Waals surface area contributed by atoms with Gasteiger partial charge in [-0.2, -0.15) is 0 Å². The number of hydrogen-bond donors (Lipinski definition) is 1. The minimum absolute atomic E-state index is 0.109. The molecular formula is C11H11ClN2O. The van der Waals surface area contributed by atoms with Gasteiger partial charge in [-0.25, -0.2) is 6.57 Å². The zero-order chi connectivity index (χ0) is 11.1. The highest BCUT2D eigenvalue weighted by molar-refractivity contribution is 6.31. The second kappa shape index (κ2) is 6.05. The monoisotopic (exact) mass is 222 g/mol. The van der Waals surface area contributed by atoms with Crippen molar-refractivity contribution < 1.29 is 4.79 Å². The molecule has 0 fully saturated rings. The van der Waals surface area contributed by atoms with Gasteiger partial charge < -0.3 is 10.2 Å². The van der Waals surface area contributed by atoms with E-state index in [1.165, 1.54) is 0 Å². The highest BCUT2D eigenvalue weighted by atomic mass is 35.5. The standard InChI is InChI=1S/C11H11ClN2O/c1-13-8-11(15)14-7-6-9-4-2-3-5-10(9)12/h2-5H,6-8H2,(H,14,15). The number of nitrogens with zero attached hydrogens (tertiary/aromatic N) is 1. The number of rotatable bonds is 4. The van der Waals surface area contributed by atoms with E-state index >= 15 is 0 Å². The lowest BCUT2D eigenvalue weighted by Crippen LogP contribution is -2.27. The molecule has 0 aliphatic rings. The molecule has 1 aromatic carbocycles. The Bertz CT molecular complexity index is 384. The Balaban J connectivity index is 2.36. The van der Waals surface area contributed by atoms with Gasteiger partial charge in [0.25, 0.3) is 12.5 Å². The minimum atomic E-state index is -0.239. The maximum absolute atomic E-state index is 11.0. The Morgan fingerprint density at radius 1 is 1.47 bits per heavy atom. The first-order chi connectivity index (χ1) is 7.24. The molecule has 4 heteroatoms. The van der Waals surface area contributed by atoms with Gasteiger partial charge in [0.2, 0.25) is 0 Å². The predicted octanol–water partition coefficient (Wildman–Crippen LogP) is 1.92. The summed E-state index contributed by atoms with van der Waals surface area (Å²) in [6, 6.07) is 7.51. The molecule has 1 amide bonds. The smallest absolute Gasteiger partial charge is 0.300 e. The normalized spacial score (nSPS) is 9.33. The quantitative estimate of drug-likeness (QED) is 0.776. The van der Waals surface area contributed by atoms with Crippen molar-refractivity contribution in [3.05, 3.63) is 46.3 Å². The Kier molecular flexibility index (Phi) is 4.65. The SMILES string of the molecule is [C-]#[N+]CC(=O)NCCc1ccccc1Cl. The predicted molar refractivity (Wildman–Crippen MR) is 59.6 cm³/mol. The molecule has 0 unspecified atom stereocenters. The van der Waals surface area contributed by atoms with E-state index in [9.17, 15) is 4.79 Å². The summed E-state index contributed by atoms with van der Waals surface area (Å²) in [6.45, 7) is 6.91. The second-order valence-electron chi connectivity index (χ2n) is 3.01. The molecular weight excluding hydrogens is 212 g/mol. The van der Waals surface area contributed by atoms with Gasteiger partial charge in [-0.3, -0.25) is 4.79 Å². The van der Waals surface area contributed by atoms with Crippen LogP contribution in [-0.2, 0) is 11.2 Å². The summed E-state index contributed by atoms with van der Waals surface area (Å²) in [7, 11) is 0. The van der Waals surface area contributed by atoms with E-state index in [0.29, 0.717) is 18.0 Å². The average Bonchev–Trinajstić information content (AvgIpc) is 2.21. The number of nitrogens with one attached hydrogen (secondary N) is 1. The van der Waals surface area contributed by atoms with Gasteiger partial charge >= 0.3 is 0 Å². The van der Waals surface area contributed by atoms with Crippen LogP contribution in [0.3, 0.4) is 0 Å². The zero-order valence-electron chi connectivity index (χ0n) is 8.16. The van der Waals surface area contributed by atoms with Crippen molar-refractivity contribution in [1.29, 1.82) is 0 Å². The largest absolute Gasteiger partial charge is 0.349 e. The summed E-state index contributed by atoms with van der Waals surface area (Å²) in [5.41, 5.74) is 1.00. The van der Waals surface area contributed by atoms with Crippen LogP contribution in [0.2, 0.25) is 5.02 Å². The van der Waals surface area contributed by atoms with Crippen molar-refractivity contribution in [1.82, 2.24) is 5.32 Å². The average molecular weight is 223 g/mol. The van der Waals surface area contributed by atoms with E-state index < -0.39 is 0 Å². The van der Waals surface area contributed by atoms with E-state index in [1.807, 2.05) is 24.3 Å². The molecule has 0 bridgehead atoms. The van der Waals surface area contributed by atoms with Crippen LogP contribution in [0.5, 0.6) is 0 Å². The summed E-state index contributed by atoms with van der Waals surface area (Å²) in [5.74, 6) is -0.239. The first-order valence-corrected chi connectivity index (χ1v) is 4.95. The molecule has 78 valence electrons. The summed E-state index contributed by atoms with van der Waals surface area (Å²) in [6.07, 6.45) is 0.684. The molecule has 0 saturated carbocycles. The van der Waals surface area contributed by atoms with Crippen molar-refractivity contribution >= 4 is 17.5 Å². The number of carbonyl (C=O) groups excluding carboxylic acids is 1. The fraction of sp³-hybridized carbons (Fsp3) is 0.273. The van der Waals surface area contributed by atoms with Crippen molar-refractivity contribution in [2.45, 2.75) is 6.42 Å². The molecule has 0 aromatic heterocycles. The maximum Gasteiger partial charge on any atom is 0.300 e. The highest BCUT2D eigenvalue weighted by Crippen LogP contribution is 2.14. The van der Waals surface area contributed by atoms with Gasteiger partial charge in [0, 0.05) is 11.6 Å². The van der Waals surface area contributed by atoms with Gasteiger partial charge in [0.05, 0.1) is 0 Å². The molecule has 0 aliphatic heterocycles. The molecule has 0 spiro atoms. The number of benzene rings is 1. The minimum Gasteiger partial charge on any atom is -0.349 e. The van der Waals surface area contributed by atoms with Crippen LogP contribution in [0.15, 0.2) is 24.3 Å². The maximum atomic E-state index is 11.0. The van der Waals surface area contributed by atoms with Gasteiger partial charge in [0.1, 0.15) is 0 Å². The van der Waals surface area contributed by atoms with Crippen molar-refractivity contribution in [2.24, 2.45) is 0 Å². The van der Waals surface area contributed by atoms with Crippen LogP contribution in [0.4, 0.5) is 0 Å². The molecule has 1 rings (SSSR count). The highest BCUT2D eigenvalue weighted by Gasteiger charge is 2.03. The third-order valence-electron chi connectivity index (χ3n) is 1.90. The Hall–Kier alpha value is -1.53. The van der Waals surface area contributed by atoms with Crippen molar-refractivity contribution in [2.75, 3.05) is 13.1 Å². The number of halogens is 1. The van der Waals surface area contributed by atoms with E-state index in [2.05, 4.69) is 10.2 Å². The van der Waals surface area contributed by atoms with Gasteiger partial charge in [-0.1, -0.05) is 29.8 Å². The fourth-order valence-corrected chi connectivity index (χ4v) is 1.40. The molecule has 15 heavy (non-hydrogen) atoms. The lowest BCUT2D eigenvalue weighted by Gasteiger charge is -2.03. The topological polar surface area (TPSA) is 33.5 Å². The third-order valence-corrected chi connectivity index (χ3v) is 2.27. The Morgan fingerprint density at radius 2 is 2.20 bits per heavy atom. The van der Waals surface area contributed by atoms with E-state index in [4.69, 9.17) is 18.2 Å².